The zero-order valence-corrected chi connectivity index (χ0v) is 33.3. The molecule has 0 N–H and O–H groups in total. The second kappa shape index (κ2) is 15.0. The van der Waals surface area contributed by atoms with Crippen LogP contribution in [0.2, 0.25) is 11.5 Å². The topological polar surface area (TPSA) is 0 Å². The van der Waals surface area contributed by atoms with E-state index >= 15 is 0 Å². The molecule has 2 aliphatic rings. The van der Waals surface area contributed by atoms with Gasteiger partial charge in [-0.3, -0.25) is 0 Å². The van der Waals surface area contributed by atoms with Gasteiger partial charge >= 0.3 is 278 Å². The van der Waals surface area contributed by atoms with Crippen molar-refractivity contribution in [2.75, 3.05) is 0 Å². The van der Waals surface area contributed by atoms with E-state index in [9.17, 15) is 26.3 Å². The monoisotopic (exact) mass is 839 g/mol. The van der Waals surface area contributed by atoms with Gasteiger partial charge in [-0.25, -0.2) is 0 Å². The number of fused-ring (bicyclic) bond motifs is 2. The fourth-order valence-corrected chi connectivity index (χ4v) is 44.3. The molecule has 48 heavy (non-hydrogen) atoms. The molecule has 2 aliphatic carbocycles. The number of benzene rings is 4. The third-order valence-electron chi connectivity index (χ3n) is 9.50. The van der Waals surface area contributed by atoms with Crippen LogP contribution >= 0.6 is 0 Å². The Hall–Kier alpha value is -2.05. The van der Waals surface area contributed by atoms with E-state index in [1.807, 2.05) is 12.1 Å². The maximum atomic E-state index is 13.3. The molecule has 2 unspecified atom stereocenters. The molecule has 0 aliphatic heterocycles. The van der Waals surface area contributed by atoms with Gasteiger partial charge in [0.05, 0.1) is 0 Å². The standard InChI is InChI=1S/2C18H14F3.C2H7Ge.2ClH.Zr/c2*1-2-12-10-14-4-3-5-16(17(14)11-12)13-6-8-15(9-7-13)18(19,20)21;1-3-2;;;/h2*3-11H,2H2,1H3;3H,1-2H3;2*1H;/q;;;;;+2/p-2. The molecule has 0 saturated heterocycles. The average Bonchev–Trinajstić information content (AvgIpc) is 3.59. The number of hydrogen-bond acceptors (Lipinski definition) is 0. The van der Waals surface area contributed by atoms with E-state index in [2.05, 4.69) is 61.8 Å². The van der Waals surface area contributed by atoms with Gasteiger partial charge in [0.1, 0.15) is 0 Å². The molecule has 6 rings (SSSR count). The summed E-state index contributed by atoms with van der Waals surface area (Å²) in [7, 11) is -1.76. The zero-order chi connectivity index (χ0) is 33.0. The number of alkyl halides is 6. The summed E-state index contributed by atoms with van der Waals surface area (Å²) in [6.07, 6.45) is -2.28. The van der Waals surface area contributed by atoms with Crippen LogP contribution in [0, 0.1) is 0 Å². The number of halogens is 8. The predicted molar refractivity (Wildman–Crippen MR) is 175 cm³/mol. The minimum Gasteiger partial charge on any atom is -1.00 e. The number of allylic oxidation sites excluding steroid dienone is 2. The third kappa shape index (κ3) is 7.22. The normalized spacial score (nSPS) is 16.8. The van der Waals surface area contributed by atoms with Crippen LogP contribution in [0.15, 0.2) is 96.1 Å². The quantitative estimate of drug-likeness (QED) is 0.157. The van der Waals surface area contributed by atoms with Gasteiger partial charge in [-0.15, -0.1) is 0 Å². The van der Waals surface area contributed by atoms with Crippen molar-refractivity contribution in [2.45, 2.75) is 57.8 Å². The van der Waals surface area contributed by atoms with Gasteiger partial charge in [0, 0.05) is 0 Å². The van der Waals surface area contributed by atoms with Crippen LogP contribution in [-0.2, 0) is 31.6 Å². The minimum atomic E-state index is -4.38. The van der Waals surface area contributed by atoms with Gasteiger partial charge in [0.15, 0.2) is 0 Å². The molecular formula is C38H35Cl2F6GeZr. The third-order valence-corrected chi connectivity index (χ3v) is 44.2. The Morgan fingerprint density at radius 3 is 1.21 bits per heavy atom. The first-order chi connectivity index (χ1) is 21.8. The van der Waals surface area contributed by atoms with Crippen molar-refractivity contribution < 1.29 is 70.4 Å². The first kappa shape index (κ1) is 38.7. The second-order valence-electron chi connectivity index (χ2n) is 12.4. The summed E-state index contributed by atoms with van der Waals surface area (Å²) in [5.74, 6) is 5.05. The van der Waals surface area contributed by atoms with Gasteiger partial charge in [0.25, 0.3) is 0 Å². The second-order valence-corrected chi connectivity index (χ2v) is 45.6. The smallest absolute Gasteiger partial charge is 1.00 e. The maximum Gasteiger partial charge on any atom is -1.00 e. The first-order valence-electron chi connectivity index (χ1n) is 15.7. The Kier molecular flexibility index (Phi) is 12.1. The van der Waals surface area contributed by atoms with Gasteiger partial charge in [-0.1, -0.05) is 0 Å². The average molecular weight is 840 g/mol. The van der Waals surface area contributed by atoms with Crippen molar-refractivity contribution in [3.63, 3.8) is 0 Å². The molecule has 10 heteroatoms. The van der Waals surface area contributed by atoms with Crippen molar-refractivity contribution in [3.8, 4) is 22.3 Å². The first-order valence-corrected chi connectivity index (χ1v) is 32.0. The maximum absolute atomic E-state index is 13.3. The molecule has 0 spiro atoms. The van der Waals surface area contributed by atoms with E-state index in [1.54, 1.807) is 24.3 Å². The molecule has 4 aromatic carbocycles. The largest absolute Gasteiger partial charge is 1.00 e. The van der Waals surface area contributed by atoms with E-state index in [1.165, 1.54) is 22.3 Å². The number of hydrogen-bond donors (Lipinski definition) is 0. The Morgan fingerprint density at radius 2 is 0.917 bits per heavy atom. The molecule has 0 nitrogen and oxygen atoms in total. The molecule has 251 valence electrons. The van der Waals surface area contributed by atoms with Crippen LogP contribution in [0.5, 0.6) is 0 Å². The number of rotatable bonds is 7. The van der Waals surface area contributed by atoms with Crippen LogP contribution in [0.4, 0.5) is 26.3 Å². The molecule has 2 atom stereocenters. The van der Waals surface area contributed by atoms with Crippen LogP contribution < -0.4 is 24.8 Å². The fraction of sp³-hybridized carbons (Fsp3) is 0.263. The van der Waals surface area contributed by atoms with Gasteiger partial charge in [-0.2, -0.15) is 0 Å². The van der Waals surface area contributed by atoms with Crippen molar-refractivity contribution in [1.82, 2.24) is 0 Å². The Balaban J connectivity index is 0.00000260. The van der Waals surface area contributed by atoms with Crippen LogP contribution in [0.3, 0.4) is 0 Å². The molecular weight excluding hydrogens is 805 g/mol. The van der Waals surface area contributed by atoms with Crippen molar-refractivity contribution >= 4 is 22.7 Å². The molecule has 0 saturated carbocycles. The SMILES string of the molecule is CCC1=Cc2c(-c3ccc(C(F)(F)F)cc3)cccc2[CH]1[Zr+2]([CH]1C(CC)=Cc2c(-c3ccc(C(F)(F)F)cc3)cccc21)[GeH]([CH3])[CH3].[Cl-].[Cl-]. The van der Waals surface area contributed by atoms with Crippen LogP contribution in [0.25, 0.3) is 34.4 Å². The summed E-state index contributed by atoms with van der Waals surface area (Å²) in [5.41, 5.74) is 10.0. The van der Waals surface area contributed by atoms with E-state index < -0.39 is 53.3 Å². The molecule has 0 radical (unpaired) electrons. The van der Waals surface area contributed by atoms with E-state index in [0.29, 0.717) is 7.25 Å². The van der Waals surface area contributed by atoms with Crippen molar-refractivity contribution in [1.29, 1.82) is 0 Å². The minimum absolute atomic E-state index is 0. The summed E-state index contributed by atoms with van der Waals surface area (Å²) in [5, 5.41) is 0. The predicted octanol–water partition coefficient (Wildman–Crippen LogP) is 6.06. The van der Waals surface area contributed by atoms with E-state index in [0.717, 1.165) is 70.5 Å². The Morgan fingerprint density at radius 1 is 0.562 bits per heavy atom. The van der Waals surface area contributed by atoms with Crippen molar-refractivity contribution in [3.05, 3.63) is 129 Å². The molecule has 0 amide bonds. The van der Waals surface area contributed by atoms with Gasteiger partial charge in [0.2, 0.25) is 0 Å². The summed E-state index contributed by atoms with van der Waals surface area (Å²) in [6.45, 7) is 4.41. The van der Waals surface area contributed by atoms with Gasteiger partial charge in [-0.05, 0) is 0 Å². The summed E-state index contributed by atoms with van der Waals surface area (Å²) < 4.78 is 80.6. The molecule has 0 heterocycles. The van der Waals surface area contributed by atoms with Gasteiger partial charge < -0.3 is 24.8 Å². The van der Waals surface area contributed by atoms with E-state index in [-0.39, 0.29) is 24.8 Å². The molecule has 0 bridgehead atoms. The van der Waals surface area contributed by atoms with Crippen LogP contribution in [-0.4, -0.2) is 10.6 Å². The summed E-state index contributed by atoms with van der Waals surface area (Å²) in [6, 6.07) is 23.6. The zero-order valence-electron chi connectivity index (χ0n) is 26.9. The van der Waals surface area contributed by atoms with E-state index in [4.69, 9.17) is 0 Å². The Bertz CT molecular complexity index is 1700. The van der Waals surface area contributed by atoms with Crippen LogP contribution in [0.1, 0.15) is 67.3 Å². The molecule has 4 aromatic rings. The molecule has 0 fully saturated rings. The van der Waals surface area contributed by atoms with Crippen molar-refractivity contribution in [2.24, 2.45) is 0 Å². The fourth-order valence-electron chi connectivity index (χ4n) is 7.34. The summed E-state index contributed by atoms with van der Waals surface area (Å²) in [4.78, 5) is 0. The Labute approximate surface area is 300 Å². The molecule has 0 aromatic heterocycles. The summed E-state index contributed by atoms with van der Waals surface area (Å²) >= 11 is -2.38.